The van der Waals surface area contributed by atoms with Gasteiger partial charge < -0.3 is 5.73 Å². The van der Waals surface area contributed by atoms with Gasteiger partial charge in [0.05, 0.1) is 11.5 Å². The van der Waals surface area contributed by atoms with Gasteiger partial charge in [0.15, 0.2) is 5.17 Å². The van der Waals surface area contributed by atoms with E-state index in [1.807, 2.05) is 13.8 Å². The minimum absolute atomic E-state index is 0.157. The zero-order chi connectivity index (χ0) is 9.61. The van der Waals surface area contributed by atoms with Crippen LogP contribution in [0.25, 0.3) is 0 Å². The predicted molar refractivity (Wildman–Crippen MR) is 53.0 cm³/mol. The first-order valence-corrected chi connectivity index (χ1v) is 4.84. The summed E-state index contributed by atoms with van der Waals surface area (Å²) in [5.41, 5.74) is 4.92. The van der Waals surface area contributed by atoms with Crippen LogP contribution in [0.4, 0.5) is 0 Å². The van der Waals surface area contributed by atoms with Crippen LogP contribution in [0, 0.1) is 22.2 Å². The first kappa shape index (κ1) is 11.3. The molecule has 0 aromatic heterocycles. The number of rotatable bonds is 4. The molecule has 0 saturated heterocycles. The fourth-order valence-corrected chi connectivity index (χ4v) is 1.26. The Kier molecular flexibility index (Phi) is 4.75. The molecule has 0 atom stereocenters. The van der Waals surface area contributed by atoms with Crippen LogP contribution in [0.3, 0.4) is 0 Å². The van der Waals surface area contributed by atoms with E-state index in [1.165, 1.54) is 11.8 Å². The number of hydrogen-bond donors (Lipinski definition) is 2. The second-order valence-corrected chi connectivity index (χ2v) is 4.45. The van der Waals surface area contributed by atoms with Crippen molar-refractivity contribution < 1.29 is 0 Å². The van der Waals surface area contributed by atoms with Gasteiger partial charge in [0.25, 0.3) is 0 Å². The number of thioether (sulfide) groups is 1. The van der Waals surface area contributed by atoms with Gasteiger partial charge in [-0.2, -0.15) is 5.26 Å². The lowest BCUT2D eigenvalue weighted by molar-refractivity contribution is 0.448. The first-order valence-electron chi connectivity index (χ1n) is 3.86. The number of hydrogen-bond acceptors (Lipinski definition) is 3. The van der Waals surface area contributed by atoms with E-state index in [4.69, 9.17) is 16.4 Å². The maximum atomic E-state index is 8.68. The van der Waals surface area contributed by atoms with Crippen molar-refractivity contribution in [2.75, 3.05) is 5.75 Å². The summed E-state index contributed by atoms with van der Waals surface area (Å²) in [6, 6.07) is 2.24. The quantitative estimate of drug-likeness (QED) is 0.399. The molecule has 3 N–H and O–H groups in total. The molecule has 68 valence electrons. The highest BCUT2D eigenvalue weighted by molar-refractivity contribution is 8.13. The summed E-state index contributed by atoms with van der Waals surface area (Å²) < 4.78 is 0. The Labute approximate surface area is 77.8 Å². The maximum Gasteiger partial charge on any atom is 0.151 e. The monoisotopic (exact) mass is 185 g/mol. The van der Waals surface area contributed by atoms with E-state index in [2.05, 4.69) is 6.07 Å². The van der Waals surface area contributed by atoms with Gasteiger partial charge in [0.2, 0.25) is 0 Å². The minimum Gasteiger partial charge on any atom is -0.379 e. The van der Waals surface area contributed by atoms with Crippen LogP contribution in [0.5, 0.6) is 0 Å². The summed E-state index contributed by atoms with van der Waals surface area (Å²) in [5.74, 6) is 0.834. The fourth-order valence-electron chi connectivity index (χ4n) is 0.752. The molecule has 12 heavy (non-hydrogen) atoms. The molecule has 0 aromatic carbocycles. The Balaban J connectivity index is 3.45. The Hall–Kier alpha value is -0.690. The SMILES string of the molecule is CC(C)(C#N)CCCSC(=N)N. The molecule has 0 aromatic rings. The van der Waals surface area contributed by atoms with Gasteiger partial charge in [0, 0.05) is 5.75 Å². The van der Waals surface area contributed by atoms with Crippen molar-refractivity contribution in [3.63, 3.8) is 0 Å². The largest absolute Gasteiger partial charge is 0.379 e. The van der Waals surface area contributed by atoms with E-state index in [9.17, 15) is 0 Å². The Morgan fingerprint density at radius 2 is 2.25 bits per heavy atom. The molecule has 0 rings (SSSR count). The maximum absolute atomic E-state index is 8.68. The highest BCUT2D eigenvalue weighted by Gasteiger charge is 2.15. The summed E-state index contributed by atoms with van der Waals surface area (Å²) in [6.45, 7) is 3.84. The normalized spacial score (nSPS) is 10.8. The van der Waals surface area contributed by atoms with Gasteiger partial charge in [-0.15, -0.1) is 0 Å². The highest BCUT2D eigenvalue weighted by Crippen LogP contribution is 2.21. The molecule has 0 fully saturated rings. The third-order valence-electron chi connectivity index (χ3n) is 1.51. The van der Waals surface area contributed by atoms with Crippen molar-refractivity contribution in [1.82, 2.24) is 0 Å². The average molecular weight is 185 g/mol. The zero-order valence-corrected chi connectivity index (χ0v) is 8.37. The minimum atomic E-state index is -0.239. The van der Waals surface area contributed by atoms with Gasteiger partial charge in [-0.1, -0.05) is 11.8 Å². The molecular formula is C8H15N3S. The topological polar surface area (TPSA) is 73.7 Å². The van der Waals surface area contributed by atoms with E-state index < -0.39 is 0 Å². The number of nitrogens with one attached hydrogen (secondary N) is 1. The van der Waals surface area contributed by atoms with Gasteiger partial charge >= 0.3 is 0 Å². The number of nitrogens with two attached hydrogens (primary N) is 1. The first-order chi connectivity index (χ1) is 5.48. The third-order valence-corrected chi connectivity index (χ3v) is 2.31. The summed E-state index contributed by atoms with van der Waals surface area (Å²) in [5, 5.41) is 15.8. The van der Waals surface area contributed by atoms with Crippen LogP contribution in [-0.4, -0.2) is 10.9 Å². The smallest absolute Gasteiger partial charge is 0.151 e. The number of amidine groups is 1. The molecule has 0 radical (unpaired) electrons. The van der Waals surface area contributed by atoms with Crippen molar-refractivity contribution in [2.24, 2.45) is 11.1 Å². The van der Waals surface area contributed by atoms with E-state index in [0.29, 0.717) is 0 Å². The molecule has 0 heterocycles. The second-order valence-electron chi connectivity index (χ2n) is 3.31. The van der Waals surface area contributed by atoms with E-state index >= 15 is 0 Å². The highest BCUT2D eigenvalue weighted by atomic mass is 32.2. The Morgan fingerprint density at radius 1 is 1.67 bits per heavy atom. The van der Waals surface area contributed by atoms with Gasteiger partial charge in [-0.3, -0.25) is 5.41 Å². The lowest BCUT2D eigenvalue weighted by Crippen LogP contribution is -2.09. The lowest BCUT2D eigenvalue weighted by atomic mass is 9.90. The fraction of sp³-hybridized carbons (Fsp3) is 0.750. The lowest BCUT2D eigenvalue weighted by Gasteiger charge is -2.13. The molecule has 0 saturated carbocycles. The summed E-state index contributed by atoms with van der Waals surface area (Å²) >= 11 is 1.33. The summed E-state index contributed by atoms with van der Waals surface area (Å²) in [7, 11) is 0. The molecule has 0 bridgehead atoms. The summed E-state index contributed by atoms with van der Waals surface area (Å²) in [6.07, 6.45) is 1.80. The number of nitriles is 1. The molecule has 0 aliphatic heterocycles. The molecule has 3 nitrogen and oxygen atoms in total. The van der Waals surface area contributed by atoms with Crippen LogP contribution in [0.2, 0.25) is 0 Å². The Morgan fingerprint density at radius 3 is 2.67 bits per heavy atom. The van der Waals surface area contributed by atoms with Gasteiger partial charge in [-0.25, -0.2) is 0 Å². The van der Waals surface area contributed by atoms with Crippen LogP contribution < -0.4 is 5.73 Å². The van der Waals surface area contributed by atoms with Crippen LogP contribution >= 0.6 is 11.8 Å². The van der Waals surface area contributed by atoms with Gasteiger partial charge in [0.1, 0.15) is 0 Å². The van der Waals surface area contributed by atoms with E-state index in [1.54, 1.807) is 0 Å². The van der Waals surface area contributed by atoms with Crippen LogP contribution in [-0.2, 0) is 0 Å². The Bertz CT molecular complexity index is 193. The van der Waals surface area contributed by atoms with E-state index in [-0.39, 0.29) is 10.6 Å². The molecular weight excluding hydrogens is 170 g/mol. The van der Waals surface area contributed by atoms with E-state index in [0.717, 1.165) is 18.6 Å². The molecule has 0 spiro atoms. The molecule has 0 aliphatic rings. The van der Waals surface area contributed by atoms with Crippen molar-refractivity contribution in [3.8, 4) is 6.07 Å². The standard InChI is InChI=1S/C8H15N3S/c1-8(2,6-9)4-3-5-12-7(10)11/h3-5H2,1-2H3,(H3,10,11). The number of nitrogens with zero attached hydrogens (tertiary/aromatic N) is 1. The predicted octanol–water partition coefficient (Wildman–Crippen LogP) is 1.94. The zero-order valence-electron chi connectivity index (χ0n) is 7.55. The van der Waals surface area contributed by atoms with Crippen molar-refractivity contribution in [1.29, 1.82) is 10.7 Å². The van der Waals surface area contributed by atoms with Crippen molar-refractivity contribution in [2.45, 2.75) is 26.7 Å². The molecule has 0 amide bonds. The van der Waals surface area contributed by atoms with Gasteiger partial charge in [-0.05, 0) is 26.7 Å². The molecule has 4 heteroatoms. The van der Waals surface area contributed by atoms with Crippen LogP contribution in [0.1, 0.15) is 26.7 Å². The summed E-state index contributed by atoms with van der Waals surface area (Å²) in [4.78, 5) is 0. The van der Waals surface area contributed by atoms with Crippen molar-refractivity contribution in [3.05, 3.63) is 0 Å². The molecule has 0 aliphatic carbocycles. The average Bonchev–Trinajstić information content (AvgIpc) is 1.98. The van der Waals surface area contributed by atoms with Crippen molar-refractivity contribution >= 4 is 16.9 Å². The molecule has 0 unspecified atom stereocenters. The second kappa shape index (κ2) is 5.04. The van der Waals surface area contributed by atoms with Crippen LogP contribution in [0.15, 0.2) is 0 Å². The third kappa shape index (κ3) is 6.05.